The second-order valence-corrected chi connectivity index (χ2v) is 7.22. The number of urea groups is 1. The van der Waals surface area contributed by atoms with Crippen molar-refractivity contribution in [2.24, 2.45) is 0 Å². The molecule has 29 heavy (non-hydrogen) atoms. The molecular formula is C20H15ClN4O4. The Morgan fingerprint density at radius 1 is 1.14 bits per heavy atom. The Morgan fingerprint density at radius 3 is 2.79 bits per heavy atom. The van der Waals surface area contributed by atoms with E-state index in [2.05, 4.69) is 15.5 Å². The number of imide groups is 1. The Morgan fingerprint density at radius 2 is 1.93 bits per heavy atom. The topological polar surface area (TPSA) is 97.6 Å². The number of ether oxygens (including phenoxy) is 1. The molecule has 146 valence electrons. The molecule has 3 heterocycles. The van der Waals surface area contributed by atoms with Crippen molar-refractivity contribution in [3.05, 3.63) is 65.0 Å². The predicted molar refractivity (Wildman–Crippen MR) is 102 cm³/mol. The number of carbonyl (C=O) groups excluding carboxylic acids is 2. The maximum atomic E-state index is 13.3. The third kappa shape index (κ3) is 2.75. The average molecular weight is 411 g/mol. The lowest BCUT2D eigenvalue weighted by Gasteiger charge is -2.33. The number of aromatic nitrogens is 2. The number of hydrogen-bond donors (Lipinski definition) is 1. The van der Waals surface area contributed by atoms with Gasteiger partial charge in [-0.2, -0.15) is 4.98 Å². The lowest BCUT2D eigenvalue weighted by atomic mass is 9.84. The summed E-state index contributed by atoms with van der Waals surface area (Å²) in [7, 11) is 0. The zero-order valence-corrected chi connectivity index (χ0v) is 15.8. The van der Waals surface area contributed by atoms with Gasteiger partial charge < -0.3 is 14.6 Å². The summed E-state index contributed by atoms with van der Waals surface area (Å²) in [5.74, 6) is 0.661. The van der Waals surface area contributed by atoms with E-state index in [1.54, 1.807) is 36.4 Å². The Hall–Kier alpha value is -3.39. The highest BCUT2D eigenvalue weighted by Gasteiger charge is 2.55. The molecule has 1 fully saturated rings. The first-order chi connectivity index (χ1) is 14.1. The minimum absolute atomic E-state index is 0.132. The van der Waals surface area contributed by atoms with Crippen molar-refractivity contribution in [3.8, 4) is 17.1 Å². The van der Waals surface area contributed by atoms with Crippen LogP contribution < -0.4 is 10.1 Å². The van der Waals surface area contributed by atoms with Crippen molar-refractivity contribution in [1.82, 2.24) is 20.4 Å². The molecule has 1 N–H and O–H groups in total. The molecular weight excluding hydrogens is 396 g/mol. The minimum atomic E-state index is -1.14. The summed E-state index contributed by atoms with van der Waals surface area (Å²) in [5, 5.41) is 7.24. The zero-order valence-electron chi connectivity index (χ0n) is 15.1. The van der Waals surface area contributed by atoms with Crippen LogP contribution in [0.25, 0.3) is 11.4 Å². The van der Waals surface area contributed by atoms with Crippen LogP contribution in [-0.4, -0.2) is 33.6 Å². The Kier molecular flexibility index (Phi) is 4.02. The largest absolute Gasteiger partial charge is 0.493 e. The van der Waals surface area contributed by atoms with Crippen LogP contribution in [0, 0.1) is 0 Å². The molecule has 5 rings (SSSR count). The van der Waals surface area contributed by atoms with E-state index in [9.17, 15) is 9.59 Å². The van der Waals surface area contributed by atoms with Gasteiger partial charge in [-0.25, -0.2) is 4.79 Å². The Bertz CT molecular complexity index is 1130. The molecule has 1 saturated heterocycles. The molecule has 2 aliphatic heterocycles. The van der Waals surface area contributed by atoms with Crippen LogP contribution in [0.3, 0.4) is 0 Å². The number of rotatable bonds is 3. The summed E-state index contributed by atoms with van der Waals surface area (Å²) in [6, 6.07) is 13.8. The van der Waals surface area contributed by atoms with E-state index in [1.165, 1.54) is 0 Å². The van der Waals surface area contributed by atoms with Gasteiger partial charge in [0.25, 0.3) is 5.91 Å². The second kappa shape index (κ2) is 6.59. The lowest BCUT2D eigenvalue weighted by Crippen LogP contribution is -2.47. The maximum absolute atomic E-state index is 13.3. The summed E-state index contributed by atoms with van der Waals surface area (Å²) < 4.78 is 10.9. The van der Waals surface area contributed by atoms with Gasteiger partial charge in [-0.1, -0.05) is 47.1 Å². The van der Waals surface area contributed by atoms with E-state index in [0.29, 0.717) is 40.8 Å². The summed E-state index contributed by atoms with van der Waals surface area (Å²) in [5.41, 5.74) is 0.114. The normalized spacial score (nSPS) is 20.5. The standard InChI is InChI=1S/C20H15ClN4O4/c21-14-7-3-1-5-12(14)17-22-16(29-24-17)11-25-18(26)20(23-19(25)27)9-10-28-15-8-4-2-6-13(15)20/h1-8H,9-11H2,(H,23,27)/t20-/m1/s1. The predicted octanol–water partition coefficient (Wildman–Crippen LogP) is 3.12. The zero-order chi connectivity index (χ0) is 20.0. The highest BCUT2D eigenvalue weighted by atomic mass is 35.5. The van der Waals surface area contributed by atoms with E-state index >= 15 is 0 Å². The molecule has 0 saturated carbocycles. The molecule has 0 radical (unpaired) electrons. The fourth-order valence-electron chi connectivity index (χ4n) is 3.72. The van der Waals surface area contributed by atoms with Crippen molar-refractivity contribution in [2.75, 3.05) is 6.61 Å². The molecule has 1 atom stereocenters. The molecule has 0 unspecified atom stereocenters. The van der Waals surface area contributed by atoms with E-state index in [0.717, 1.165) is 4.90 Å². The Balaban J connectivity index is 1.44. The number of fused-ring (bicyclic) bond motifs is 2. The van der Waals surface area contributed by atoms with E-state index in [1.807, 2.05) is 12.1 Å². The van der Waals surface area contributed by atoms with Crippen LogP contribution in [0.4, 0.5) is 4.79 Å². The highest BCUT2D eigenvalue weighted by Crippen LogP contribution is 2.41. The molecule has 8 nitrogen and oxygen atoms in total. The fraction of sp³-hybridized carbons (Fsp3) is 0.200. The summed E-state index contributed by atoms with van der Waals surface area (Å²) in [6.07, 6.45) is 0.347. The lowest BCUT2D eigenvalue weighted by molar-refractivity contribution is -0.133. The molecule has 0 bridgehead atoms. The minimum Gasteiger partial charge on any atom is -0.493 e. The number of nitrogens with one attached hydrogen (secondary N) is 1. The number of amides is 3. The number of halogens is 1. The van der Waals surface area contributed by atoms with Gasteiger partial charge in [0.05, 0.1) is 11.6 Å². The first-order valence-corrected chi connectivity index (χ1v) is 9.40. The third-order valence-corrected chi connectivity index (χ3v) is 5.46. The van der Waals surface area contributed by atoms with Gasteiger partial charge in [0.2, 0.25) is 11.7 Å². The van der Waals surface area contributed by atoms with Crippen LogP contribution >= 0.6 is 11.6 Å². The molecule has 0 aliphatic carbocycles. The molecule has 1 spiro atoms. The van der Waals surface area contributed by atoms with Gasteiger partial charge in [-0.05, 0) is 18.2 Å². The van der Waals surface area contributed by atoms with E-state index in [-0.39, 0.29) is 18.3 Å². The summed E-state index contributed by atoms with van der Waals surface area (Å²) >= 11 is 6.17. The quantitative estimate of drug-likeness (QED) is 0.666. The number of carbonyl (C=O) groups is 2. The van der Waals surface area contributed by atoms with Gasteiger partial charge in [-0.3, -0.25) is 9.69 Å². The van der Waals surface area contributed by atoms with Crippen molar-refractivity contribution in [2.45, 2.75) is 18.5 Å². The summed E-state index contributed by atoms with van der Waals surface area (Å²) in [6.45, 7) is 0.195. The number of benzene rings is 2. The summed E-state index contributed by atoms with van der Waals surface area (Å²) in [4.78, 5) is 31.3. The second-order valence-electron chi connectivity index (χ2n) is 6.81. The number of nitrogens with zero attached hydrogens (tertiary/aromatic N) is 3. The Labute approximate surface area is 170 Å². The van der Waals surface area contributed by atoms with E-state index in [4.69, 9.17) is 20.9 Å². The van der Waals surface area contributed by atoms with Crippen LogP contribution in [0.2, 0.25) is 5.02 Å². The highest BCUT2D eigenvalue weighted by molar-refractivity contribution is 6.33. The first kappa shape index (κ1) is 17.7. The average Bonchev–Trinajstić information content (AvgIpc) is 3.28. The SMILES string of the molecule is O=C1N[C@@]2(CCOc3ccccc32)C(=O)N1Cc1nc(-c2ccccc2Cl)no1. The molecule has 1 aromatic heterocycles. The maximum Gasteiger partial charge on any atom is 0.325 e. The molecule has 9 heteroatoms. The third-order valence-electron chi connectivity index (χ3n) is 5.13. The van der Waals surface area contributed by atoms with Crippen LogP contribution in [-0.2, 0) is 16.9 Å². The molecule has 3 aromatic rings. The van der Waals surface area contributed by atoms with Crippen LogP contribution in [0.1, 0.15) is 17.9 Å². The smallest absolute Gasteiger partial charge is 0.325 e. The van der Waals surface area contributed by atoms with Gasteiger partial charge in [0.15, 0.2) is 5.54 Å². The van der Waals surface area contributed by atoms with Gasteiger partial charge >= 0.3 is 6.03 Å². The van der Waals surface area contributed by atoms with Crippen LogP contribution in [0.15, 0.2) is 53.1 Å². The van der Waals surface area contributed by atoms with Crippen LogP contribution in [0.5, 0.6) is 5.75 Å². The number of hydrogen-bond acceptors (Lipinski definition) is 6. The van der Waals surface area contributed by atoms with Gasteiger partial charge in [0.1, 0.15) is 12.3 Å². The van der Waals surface area contributed by atoms with Crippen molar-refractivity contribution < 1.29 is 18.8 Å². The molecule has 2 aromatic carbocycles. The fourth-order valence-corrected chi connectivity index (χ4v) is 3.94. The molecule has 2 aliphatic rings. The van der Waals surface area contributed by atoms with Crippen molar-refractivity contribution in [3.63, 3.8) is 0 Å². The first-order valence-electron chi connectivity index (χ1n) is 9.02. The monoisotopic (exact) mass is 410 g/mol. The van der Waals surface area contributed by atoms with Gasteiger partial charge in [0, 0.05) is 17.5 Å². The van der Waals surface area contributed by atoms with E-state index < -0.39 is 11.6 Å². The molecule has 3 amide bonds. The van der Waals surface area contributed by atoms with Gasteiger partial charge in [-0.15, -0.1) is 0 Å². The van der Waals surface area contributed by atoms with Crippen molar-refractivity contribution in [1.29, 1.82) is 0 Å². The number of para-hydroxylation sites is 1. The van der Waals surface area contributed by atoms with Crippen molar-refractivity contribution >= 4 is 23.5 Å².